The molecule has 3 rings (SSSR count). The van der Waals surface area contributed by atoms with Gasteiger partial charge < -0.3 is 14.9 Å². The number of anilines is 1. The van der Waals surface area contributed by atoms with Crippen molar-refractivity contribution in [2.24, 2.45) is 0 Å². The molecule has 132 valence electrons. The Morgan fingerprint density at radius 1 is 1.08 bits per heavy atom. The van der Waals surface area contributed by atoms with Gasteiger partial charge in [-0.25, -0.2) is 0 Å². The van der Waals surface area contributed by atoms with E-state index in [9.17, 15) is 9.90 Å². The second kappa shape index (κ2) is 8.50. The van der Waals surface area contributed by atoms with Crippen LogP contribution in [0.4, 0.5) is 5.69 Å². The molecule has 1 amide bonds. The van der Waals surface area contributed by atoms with Crippen LogP contribution in [0.1, 0.15) is 5.56 Å². The van der Waals surface area contributed by atoms with E-state index in [2.05, 4.69) is 4.90 Å². The monoisotopic (exact) mass is 376 g/mol. The van der Waals surface area contributed by atoms with Crippen molar-refractivity contribution in [1.82, 2.24) is 4.90 Å². The van der Waals surface area contributed by atoms with Crippen LogP contribution in [-0.4, -0.2) is 47.8 Å². The quantitative estimate of drug-likeness (QED) is 0.865. The lowest BCUT2D eigenvalue weighted by molar-refractivity contribution is -0.128. The summed E-state index contributed by atoms with van der Waals surface area (Å²) in [7, 11) is 0. The van der Waals surface area contributed by atoms with E-state index in [4.69, 9.17) is 11.6 Å². The maximum atomic E-state index is 12.4. The van der Waals surface area contributed by atoms with Crippen LogP contribution in [0.3, 0.4) is 0 Å². The molecule has 6 heteroatoms. The zero-order valence-corrected chi connectivity index (χ0v) is 15.5. The lowest BCUT2D eigenvalue weighted by Crippen LogP contribution is -2.49. The molecule has 0 saturated carbocycles. The molecule has 4 nitrogen and oxygen atoms in total. The van der Waals surface area contributed by atoms with Crippen LogP contribution in [0.25, 0.3) is 0 Å². The van der Waals surface area contributed by atoms with Crippen LogP contribution in [0.2, 0.25) is 5.02 Å². The number of halogens is 1. The molecule has 2 aromatic carbocycles. The van der Waals surface area contributed by atoms with Gasteiger partial charge in [0.1, 0.15) is 5.75 Å². The molecule has 0 radical (unpaired) electrons. The van der Waals surface area contributed by atoms with Gasteiger partial charge in [0, 0.05) is 37.0 Å². The molecule has 25 heavy (non-hydrogen) atoms. The van der Waals surface area contributed by atoms with E-state index in [1.807, 2.05) is 47.4 Å². The summed E-state index contributed by atoms with van der Waals surface area (Å²) in [6.07, 6.45) is 0. The lowest BCUT2D eigenvalue weighted by Gasteiger charge is -2.36. The fourth-order valence-electron chi connectivity index (χ4n) is 2.90. The Hall–Kier alpha value is -1.85. The van der Waals surface area contributed by atoms with Gasteiger partial charge in [-0.1, -0.05) is 35.9 Å². The number of nitrogens with zero attached hydrogens (tertiary/aromatic N) is 2. The van der Waals surface area contributed by atoms with Crippen molar-refractivity contribution in [2.75, 3.05) is 36.8 Å². The zero-order valence-electron chi connectivity index (χ0n) is 13.9. The van der Waals surface area contributed by atoms with Gasteiger partial charge >= 0.3 is 0 Å². The first-order valence-corrected chi connectivity index (χ1v) is 9.79. The van der Waals surface area contributed by atoms with E-state index in [-0.39, 0.29) is 5.91 Å². The number of amides is 1. The Bertz CT molecular complexity index is 733. The van der Waals surface area contributed by atoms with Crippen molar-refractivity contribution >= 4 is 35.0 Å². The molecule has 0 bridgehead atoms. The zero-order chi connectivity index (χ0) is 17.6. The van der Waals surface area contributed by atoms with Crippen LogP contribution in [0.5, 0.6) is 5.75 Å². The fraction of sp³-hybridized carbons (Fsp3) is 0.316. The first kappa shape index (κ1) is 18.0. The maximum Gasteiger partial charge on any atom is 0.232 e. The number of hydrogen-bond donors (Lipinski definition) is 1. The van der Waals surface area contributed by atoms with E-state index >= 15 is 0 Å². The van der Waals surface area contributed by atoms with Gasteiger partial charge in [0.25, 0.3) is 0 Å². The minimum atomic E-state index is 0.170. The highest BCUT2D eigenvalue weighted by molar-refractivity contribution is 7.99. The number of benzene rings is 2. The Balaban J connectivity index is 1.45. The molecule has 1 saturated heterocycles. The highest BCUT2D eigenvalue weighted by atomic mass is 35.5. The topological polar surface area (TPSA) is 43.8 Å². The average molecular weight is 377 g/mol. The lowest BCUT2D eigenvalue weighted by atomic mass is 10.2. The van der Waals surface area contributed by atoms with E-state index < -0.39 is 0 Å². The predicted octanol–water partition coefficient (Wildman–Crippen LogP) is 3.63. The third-order valence-corrected chi connectivity index (χ3v) is 5.46. The van der Waals surface area contributed by atoms with Crippen molar-refractivity contribution in [3.05, 3.63) is 59.1 Å². The van der Waals surface area contributed by atoms with Gasteiger partial charge in [-0.05, 0) is 29.8 Å². The molecular formula is C19H21ClN2O2S. The molecule has 1 N–H and O–H groups in total. The summed E-state index contributed by atoms with van der Waals surface area (Å²) in [5, 5.41) is 10.7. The van der Waals surface area contributed by atoms with Crippen LogP contribution in [0.15, 0.2) is 48.5 Å². The molecule has 1 fully saturated rings. The molecule has 2 aromatic rings. The molecule has 0 unspecified atom stereocenters. The van der Waals surface area contributed by atoms with Crippen LogP contribution in [-0.2, 0) is 10.5 Å². The summed E-state index contributed by atoms with van der Waals surface area (Å²) in [5.41, 5.74) is 1.97. The number of piperazine rings is 1. The minimum Gasteiger partial charge on any atom is -0.506 e. The van der Waals surface area contributed by atoms with E-state index in [0.717, 1.165) is 35.1 Å². The molecule has 0 aromatic heterocycles. The van der Waals surface area contributed by atoms with Gasteiger partial charge in [0.05, 0.1) is 11.4 Å². The van der Waals surface area contributed by atoms with Crippen molar-refractivity contribution in [1.29, 1.82) is 0 Å². The Morgan fingerprint density at radius 3 is 2.56 bits per heavy atom. The number of aromatic hydroxyl groups is 1. The molecule has 0 atom stereocenters. The smallest absolute Gasteiger partial charge is 0.232 e. The summed E-state index contributed by atoms with van der Waals surface area (Å²) >= 11 is 7.59. The van der Waals surface area contributed by atoms with E-state index in [1.54, 1.807) is 17.8 Å². The van der Waals surface area contributed by atoms with Gasteiger partial charge in [0.2, 0.25) is 5.91 Å². The van der Waals surface area contributed by atoms with Crippen molar-refractivity contribution in [2.45, 2.75) is 5.75 Å². The van der Waals surface area contributed by atoms with E-state index in [0.29, 0.717) is 24.6 Å². The summed E-state index contributed by atoms with van der Waals surface area (Å²) in [5.74, 6) is 1.72. The highest BCUT2D eigenvalue weighted by Gasteiger charge is 2.22. The molecule has 0 aliphatic carbocycles. The Kier molecular flexibility index (Phi) is 6.10. The van der Waals surface area contributed by atoms with Crippen molar-refractivity contribution in [3.63, 3.8) is 0 Å². The Labute approximate surface area is 157 Å². The van der Waals surface area contributed by atoms with Crippen LogP contribution < -0.4 is 4.90 Å². The molecular weight excluding hydrogens is 356 g/mol. The van der Waals surface area contributed by atoms with Crippen molar-refractivity contribution in [3.8, 4) is 5.75 Å². The second-order valence-electron chi connectivity index (χ2n) is 5.98. The Morgan fingerprint density at radius 2 is 1.84 bits per heavy atom. The number of rotatable bonds is 5. The van der Waals surface area contributed by atoms with Gasteiger partial charge in [-0.2, -0.15) is 0 Å². The van der Waals surface area contributed by atoms with Gasteiger partial charge in [-0.3, -0.25) is 4.79 Å². The van der Waals surface area contributed by atoms with Crippen LogP contribution >= 0.6 is 23.4 Å². The number of carbonyl (C=O) groups excluding carboxylic acids is 1. The number of phenolic OH excluding ortho intramolecular Hbond substituents is 1. The highest BCUT2D eigenvalue weighted by Crippen LogP contribution is 2.27. The van der Waals surface area contributed by atoms with Crippen LogP contribution in [0, 0.1) is 0 Å². The summed E-state index contributed by atoms with van der Waals surface area (Å²) < 4.78 is 0. The summed E-state index contributed by atoms with van der Waals surface area (Å²) in [6, 6.07) is 15.1. The third-order valence-electron chi connectivity index (χ3n) is 4.24. The predicted molar refractivity (Wildman–Crippen MR) is 105 cm³/mol. The van der Waals surface area contributed by atoms with E-state index in [1.165, 1.54) is 0 Å². The average Bonchev–Trinajstić information content (AvgIpc) is 2.62. The van der Waals surface area contributed by atoms with Gasteiger partial charge in [0.15, 0.2) is 0 Å². The van der Waals surface area contributed by atoms with Gasteiger partial charge in [-0.15, -0.1) is 11.8 Å². The first-order valence-electron chi connectivity index (χ1n) is 8.26. The van der Waals surface area contributed by atoms with Crippen molar-refractivity contribution < 1.29 is 9.90 Å². The number of carbonyl (C=O) groups is 1. The molecule has 1 aliphatic heterocycles. The number of hydrogen-bond acceptors (Lipinski definition) is 4. The molecule has 0 spiro atoms. The summed E-state index contributed by atoms with van der Waals surface area (Å²) in [4.78, 5) is 16.4. The molecule has 1 aliphatic rings. The number of para-hydroxylation sites is 2. The minimum absolute atomic E-state index is 0.170. The third kappa shape index (κ3) is 4.83. The number of phenols is 1. The first-order chi connectivity index (χ1) is 12.1. The largest absolute Gasteiger partial charge is 0.506 e. The normalized spacial score (nSPS) is 14.6. The summed E-state index contributed by atoms with van der Waals surface area (Å²) in [6.45, 7) is 2.85. The molecule has 1 heterocycles. The SMILES string of the molecule is O=C(CSCc1cccc(Cl)c1)N1CCN(c2ccccc2O)CC1. The standard InChI is InChI=1S/C19H21ClN2O2S/c20-16-5-3-4-15(12-16)13-25-14-19(24)22-10-8-21(9-11-22)17-6-1-2-7-18(17)23/h1-7,12,23H,8-11,13-14H2. The second-order valence-corrected chi connectivity index (χ2v) is 7.40. The number of thioether (sulfide) groups is 1. The maximum absolute atomic E-state index is 12.4. The fourth-order valence-corrected chi connectivity index (χ4v) is 3.99.